The normalized spacial score (nSPS) is 11.5. The number of halogens is 2. The zero-order valence-electron chi connectivity index (χ0n) is 13.4. The number of anilines is 1. The summed E-state index contributed by atoms with van der Waals surface area (Å²) in [6.45, 7) is 1.75. The Morgan fingerprint density at radius 2 is 1.76 bits per heavy atom. The standard InChI is InChI=1S/C16H14Cl2N4O2S/c1-10-8-9-12(17)14(13(10)18)21-25(23,24)16-19-15(22(2)20-16)11-6-4-3-5-7-11/h3-9,21H,1-2H3. The van der Waals surface area contributed by atoms with Gasteiger partial charge in [-0.05, 0) is 18.6 Å². The molecule has 0 fully saturated rings. The Hall–Kier alpha value is -2.09. The molecule has 0 bridgehead atoms. The van der Waals surface area contributed by atoms with Crippen molar-refractivity contribution in [1.29, 1.82) is 0 Å². The van der Waals surface area contributed by atoms with Gasteiger partial charge in [0.25, 0.3) is 15.2 Å². The monoisotopic (exact) mass is 396 g/mol. The van der Waals surface area contributed by atoms with Gasteiger partial charge in [-0.25, -0.2) is 4.68 Å². The predicted molar refractivity (Wildman–Crippen MR) is 98.4 cm³/mol. The number of sulfonamides is 1. The largest absolute Gasteiger partial charge is 0.299 e. The van der Waals surface area contributed by atoms with E-state index in [9.17, 15) is 8.42 Å². The van der Waals surface area contributed by atoms with Crippen molar-refractivity contribution in [2.75, 3.05) is 4.72 Å². The van der Waals surface area contributed by atoms with Crippen LogP contribution in [0.3, 0.4) is 0 Å². The van der Waals surface area contributed by atoms with Crippen LogP contribution < -0.4 is 4.72 Å². The Balaban J connectivity index is 2.01. The van der Waals surface area contributed by atoms with Gasteiger partial charge in [0.05, 0.1) is 15.7 Å². The molecule has 0 saturated heterocycles. The van der Waals surface area contributed by atoms with Crippen molar-refractivity contribution in [3.63, 3.8) is 0 Å². The first-order chi connectivity index (χ1) is 11.8. The molecule has 3 rings (SSSR count). The number of nitrogens with one attached hydrogen (secondary N) is 1. The highest BCUT2D eigenvalue weighted by Gasteiger charge is 2.24. The van der Waals surface area contributed by atoms with Crippen molar-refractivity contribution < 1.29 is 8.42 Å². The second-order valence-corrected chi connectivity index (χ2v) is 7.73. The summed E-state index contributed by atoms with van der Waals surface area (Å²) in [7, 11) is -2.42. The Morgan fingerprint density at radius 1 is 1.08 bits per heavy atom. The first-order valence-corrected chi connectivity index (χ1v) is 9.47. The summed E-state index contributed by atoms with van der Waals surface area (Å²) in [5.74, 6) is 0.433. The van der Waals surface area contributed by atoms with Crippen molar-refractivity contribution in [3.8, 4) is 11.4 Å². The van der Waals surface area contributed by atoms with E-state index >= 15 is 0 Å². The number of aromatic nitrogens is 3. The molecule has 0 atom stereocenters. The van der Waals surface area contributed by atoms with Gasteiger partial charge in [-0.15, -0.1) is 5.10 Å². The lowest BCUT2D eigenvalue weighted by Gasteiger charge is -2.10. The Morgan fingerprint density at radius 3 is 2.44 bits per heavy atom. The van der Waals surface area contributed by atoms with Crippen molar-refractivity contribution in [2.24, 2.45) is 7.05 Å². The van der Waals surface area contributed by atoms with E-state index in [4.69, 9.17) is 23.2 Å². The van der Waals surface area contributed by atoms with Crippen LogP contribution in [0.1, 0.15) is 5.56 Å². The average Bonchev–Trinajstić information content (AvgIpc) is 2.99. The lowest BCUT2D eigenvalue weighted by Crippen LogP contribution is -2.16. The van der Waals surface area contributed by atoms with Gasteiger partial charge in [0.2, 0.25) is 0 Å². The Labute approximate surface area is 155 Å². The number of hydrogen-bond donors (Lipinski definition) is 1. The summed E-state index contributed by atoms with van der Waals surface area (Å²) in [6, 6.07) is 12.5. The van der Waals surface area contributed by atoms with Gasteiger partial charge in [0.1, 0.15) is 0 Å². The van der Waals surface area contributed by atoms with Gasteiger partial charge in [0.15, 0.2) is 5.82 Å². The highest BCUT2D eigenvalue weighted by Crippen LogP contribution is 2.34. The van der Waals surface area contributed by atoms with Crippen LogP contribution in [0.2, 0.25) is 10.0 Å². The molecular weight excluding hydrogens is 383 g/mol. The minimum absolute atomic E-state index is 0.108. The SMILES string of the molecule is Cc1ccc(Cl)c(NS(=O)(=O)c2nc(-c3ccccc3)n(C)n2)c1Cl. The smallest absolute Gasteiger partial charge is 0.274 e. The van der Waals surface area contributed by atoms with Crippen molar-refractivity contribution in [3.05, 3.63) is 58.1 Å². The third-order valence-corrected chi connectivity index (χ3v) is 5.47. The maximum Gasteiger partial charge on any atom is 0.299 e. The predicted octanol–water partition coefficient (Wildman–Crippen LogP) is 3.90. The van der Waals surface area contributed by atoms with Crippen LogP contribution in [0.25, 0.3) is 11.4 Å². The molecular formula is C16H14Cl2N4O2S. The zero-order valence-corrected chi connectivity index (χ0v) is 15.7. The molecule has 0 spiro atoms. The minimum atomic E-state index is -4.05. The molecule has 9 heteroatoms. The zero-order chi connectivity index (χ0) is 18.2. The number of hydrogen-bond acceptors (Lipinski definition) is 4. The van der Waals surface area contributed by atoms with Gasteiger partial charge >= 0.3 is 0 Å². The van der Waals surface area contributed by atoms with Gasteiger partial charge in [-0.3, -0.25) is 4.72 Å². The average molecular weight is 397 g/mol. The van der Waals surface area contributed by atoms with Gasteiger partial charge in [0, 0.05) is 12.6 Å². The van der Waals surface area contributed by atoms with E-state index in [1.165, 1.54) is 4.68 Å². The van der Waals surface area contributed by atoms with Crippen molar-refractivity contribution in [2.45, 2.75) is 12.1 Å². The first kappa shape index (κ1) is 17.7. The highest BCUT2D eigenvalue weighted by molar-refractivity contribution is 7.92. The maximum atomic E-state index is 12.6. The highest BCUT2D eigenvalue weighted by atomic mass is 35.5. The van der Waals surface area contributed by atoms with Gasteiger partial charge < -0.3 is 0 Å². The summed E-state index contributed by atoms with van der Waals surface area (Å²) in [6.07, 6.45) is 0. The Kier molecular flexibility index (Phi) is 4.73. The molecule has 25 heavy (non-hydrogen) atoms. The molecule has 0 radical (unpaired) electrons. The van der Waals surface area contributed by atoms with E-state index in [1.54, 1.807) is 26.1 Å². The number of rotatable bonds is 4. The molecule has 1 aromatic heterocycles. The van der Waals surface area contributed by atoms with Crippen LogP contribution in [0.5, 0.6) is 0 Å². The molecule has 0 aliphatic rings. The first-order valence-electron chi connectivity index (χ1n) is 7.23. The summed E-state index contributed by atoms with van der Waals surface area (Å²) < 4.78 is 29.1. The van der Waals surface area contributed by atoms with Crippen LogP contribution in [0.4, 0.5) is 5.69 Å². The lowest BCUT2D eigenvalue weighted by molar-refractivity contribution is 0.589. The lowest BCUT2D eigenvalue weighted by atomic mass is 10.2. The summed E-state index contributed by atoms with van der Waals surface area (Å²) in [5, 5.41) is 4.07. The van der Waals surface area contributed by atoms with E-state index < -0.39 is 10.0 Å². The summed E-state index contributed by atoms with van der Waals surface area (Å²) in [4.78, 5) is 4.14. The number of benzene rings is 2. The van der Waals surface area contributed by atoms with Crippen molar-refractivity contribution >= 4 is 38.9 Å². The molecule has 1 heterocycles. The van der Waals surface area contributed by atoms with E-state index in [0.717, 1.165) is 5.56 Å². The fourth-order valence-electron chi connectivity index (χ4n) is 2.24. The van der Waals surface area contributed by atoms with E-state index in [1.807, 2.05) is 30.3 Å². The topological polar surface area (TPSA) is 76.9 Å². The van der Waals surface area contributed by atoms with Crippen molar-refractivity contribution in [1.82, 2.24) is 14.8 Å². The molecule has 130 valence electrons. The fourth-order valence-corrected chi connectivity index (χ4v) is 3.83. The summed E-state index contributed by atoms with van der Waals surface area (Å²) in [5.41, 5.74) is 1.56. The molecule has 0 unspecified atom stereocenters. The quantitative estimate of drug-likeness (QED) is 0.725. The maximum absolute atomic E-state index is 12.6. The van der Waals surface area contributed by atoms with Crippen LogP contribution in [-0.4, -0.2) is 23.2 Å². The third-order valence-electron chi connectivity index (χ3n) is 3.54. The second-order valence-electron chi connectivity index (χ2n) is 5.37. The van der Waals surface area contributed by atoms with Gasteiger partial charge in [-0.2, -0.15) is 13.4 Å². The van der Waals surface area contributed by atoms with E-state index in [0.29, 0.717) is 11.4 Å². The van der Waals surface area contributed by atoms with Crippen LogP contribution in [-0.2, 0) is 17.1 Å². The van der Waals surface area contributed by atoms with E-state index in [-0.39, 0.29) is 20.9 Å². The number of aryl methyl sites for hydroxylation is 2. The number of nitrogens with zero attached hydrogens (tertiary/aromatic N) is 3. The molecule has 6 nitrogen and oxygen atoms in total. The molecule has 3 aromatic rings. The fraction of sp³-hybridized carbons (Fsp3) is 0.125. The Bertz CT molecular complexity index is 1030. The van der Waals surface area contributed by atoms with Crippen LogP contribution >= 0.6 is 23.2 Å². The second kappa shape index (κ2) is 6.67. The minimum Gasteiger partial charge on any atom is -0.274 e. The van der Waals surface area contributed by atoms with Crippen LogP contribution in [0, 0.1) is 6.92 Å². The molecule has 0 saturated carbocycles. The molecule has 2 aromatic carbocycles. The molecule has 0 aliphatic carbocycles. The van der Waals surface area contributed by atoms with Gasteiger partial charge in [-0.1, -0.05) is 59.6 Å². The molecule has 1 N–H and O–H groups in total. The van der Waals surface area contributed by atoms with Crippen LogP contribution in [0.15, 0.2) is 47.6 Å². The molecule has 0 amide bonds. The van der Waals surface area contributed by atoms with E-state index in [2.05, 4.69) is 14.8 Å². The third kappa shape index (κ3) is 3.49. The summed E-state index contributed by atoms with van der Waals surface area (Å²) >= 11 is 12.2. The molecule has 0 aliphatic heterocycles.